The van der Waals surface area contributed by atoms with Gasteiger partial charge in [0.25, 0.3) is 0 Å². The summed E-state index contributed by atoms with van der Waals surface area (Å²) >= 11 is 12.0. The van der Waals surface area contributed by atoms with Crippen LogP contribution in [0, 0.1) is 0 Å². The Hall–Kier alpha value is -1.81. The van der Waals surface area contributed by atoms with Crippen LogP contribution in [-0.4, -0.2) is 33.7 Å². The number of aliphatic imine (C=N–C) groups is 1. The first-order chi connectivity index (χ1) is 14.5. The SMILES string of the molecule is CCNC(=NCc1cccc(Cn2ccnc2)c1)NCC(O)c1cc(Cl)cc(Cl)c1.I. The van der Waals surface area contributed by atoms with Crippen LogP contribution in [-0.2, 0) is 13.1 Å². The van der Waals surface area contributed by atoms with Crippen molar-refractivity contribution in [3.8, 4) is 0 Å². The number of halogens is 3. The molecule has 0 aliphatic carbocycles. The third-order valence-corrected chi connectivity index (χ3v) is 4.85. The highest BCUT2D eigenvalue weighted by molar-refractivity contribution is 14.0. The fourth-order valence-corrected chi connectivity index (χ4v) is 3.55. The number of imidazole rings is 1. The van der Waals surface area contributed by atoms with Gasteiger partial charge in [-0.25, -0.2) is 9.98 Å². The number of aromatic nitrogens is 2. The summed E-state index contributed by atoms with van der Waals surface area (Å²) in [6.45, 7) is 4.28. The van der Waals surface area contributed by atoms with Gasteiger partial charge in [0.2, 0.25) is 0 Å². The van der Waals surface area contributed by atoms with Crippen LogP contribution in [0.25, 0.3) is 0 Å². The van der Waals surface area contributed by atoms with E-state index in [-0.39, 0.29) is 30.5 Å². The van der Waals surface area contributed by atoms with E-state index in [0.717, 1.165) is 12.1 Å². The summed E-state index contributed by atoms with van der Waals surface area (Å²) in [6, 6.07) is 13.3. The van der Waals surface area contributed by atoms with Crippen LogP contribution < -0.4 is 10.6 Å². The first-order valence-corrected chi connectivity index (χ1v) is 10.5. The Morgan fingerprint density at radius 3 is 2.55 bits per heavy atom. The molecule has 1 atom stereocenters. The predicted octanol–water partition coefficient (Wildman–Crippen LogP) is 4.64. The molecule has 9 heteroatoms. The predicted molar refractivity (Wildman–Crippen MR) is 137 cm³/mol. The Morgan fingerprint density at radius 2 is 1.87 bits per heavy atom. The number of aliphatic hydroxyl groups is 1. The largest absolute Gasteiger partial charge is 0.387 e. The number of benzene rings is 2. The van der Waals surface area contributed by atoms with E-state index >= 15 is 0 Å². The summed E-state index contributed by atoms with van der Waals surface area (Å²) in [5, 5.41) is 17.8. The molecule has 0 radical (unpaired) electrons. The lowest BCUT2D eigenvalue weighted by molar-refractivity contribution is 0.181. The number of nitrogens with zero attached hydrogens (tertiary/aromatic N) is 3. The number of guanidine groups is 1. The first kappa shape index (κ1) is 25.5. The van der Waals surface area contributed by atoms with E-state index in [2.05, 4.69) is 32.7 Å². The molecule has 31 heavy (non-hydrogen) atoms. The maximum absolute atomic E-state index is 10.5. The molecule has 0 saturated carbocycles. The second-order valence-electron chi connectivity index (χ2n) is 6.85. The van der Waals surface area contributed by atoms with E-state index in [0.29, 0.717) is 34.7 Å². The summed E-state index contributed by atoms with van der Waals surface area (Å²) in [7, 11) is 0. The van der Waals surface area contributed by atoms with Crippen LogP contribution in [0.2, 0.25) is 10.0 Å². The number of hydrogen-bond donors (Lipinski definition) is 3. The Morgan fingerprint density at radius 1 is 1.13 bits per heavy atom. The number of rotatable bonds is 8. The molecule has 6 nitrogen and oxygen atoms in total. The third kappa shape index (κ3) is 8.33. The molecular formula is C22H26Cl2IN5O. The minimum atomic E-state index is -0.761. The third-order valence-electron chi connectivity index (χ3n) is 4.41. The van der Waals surface area contributed by atoms with Crippen molar-refractivity contribution >= 4 is 53.1 Å². The molecule has 0 aliphatic rings. The van der Waals surface area contributed by atoms with E-state index < -0.39 is 6.10 Å². The van der Waals surface area contributed by atoms with Crippen molar-refractivity contribution in [1.82, 2.24) is 20.2 Å². The molecule has 0 amide bonds. The van der Waals surface area contributed by atoms with E-state index in [1.54, 1.807) is 30.7 Å². The molecule has 0 spiro atoms. The number of hydrogen-bond acceptors (Lipinski definition) is 3. The molecule has 0 bridgehead atoms. The van der Waals surface area contributed by atoms with Crippen molar-refractivity contribution < 1.29 is 5.11 Å². The molecule has 3 aromatic rings. The van der Waals surface area contributed by atoms with Gasteiger partial charge in [-0.05, 0) is 41.8 Å². The van der Waals surface area contributed by atoms with Gasteiger partial charge < -0.3 is 20.3 Å². The molecule has 0 aliphatic heterocycles. The normalized spacial score (nSPS) is 12.2. The zero-order valence-electron chi connectivity index (χ0n) is 17.1. The molecule has 3 N–H and O–H groups in total. The molecule has 1 heterocycles. The fraction of sp³-hybridized carbons (Fsp3) is 0.273. The highest BCUT2D eigenvalue weighted by Crippen LogP contribution is 2.23. The minimum Gasteiger partial charge on any atom is -0.387 e. The summed E-state index contributed by atoms with van der Waals surface area (Å²) in [5.41, 5.74) is 2.95. The summed E-state index contributed by atoms with van der Waals surface area (Å²) in [4.78, 5) is 8.71. The van der Waals surface area contributed by atoms with E-state index in [4.69, 9.17) is 23.2 Å². The number of aliphatic hydroxyl groups excluding tert-OH is 1. The Bertz CT molecular complexity index is 962. The summed E-state index contributed by atoms with van der Waals surface area (Å²) in [5.74, 6) is 0.629. The van der Waals surface area contributed by atoms with Gasteiger partial charge in [0.15, 0.2) is 5.96 Å². The second-order valence-corrected chi connectivity index (χ2v) is 7.72. The minimum absolute atomic E-state index is 0. The molecule has 1 aromatic heterocycles. The van der Waals surface area contributed by atoms with Gasteiger partial charge in [0.1, 0.15) is 0 Å². The average Bonchev–Trinajstić information content (AvgIpc) is 3.22. The smallest absolute Gasteiger partial charge is 0.191 e. The molecule has 166 valence electrons. The van der Waals surface area contributed by atoms with Crippen LogP contribution in [0.3, 0.4) is 0 Å². The van der Waals surface area contributed by atoms with Crippen molar-refractivity contribution in [3.63, 3.8) is 0 Å². The maximum Gasteiger partial charge on any atom is 0.191 e. The lowest BCUT2D eigenvalue weighted by Crippen LogP contribution is -2.39. The van der Waals surface area contributed by atoms with Gasteiger partial charge in [-0.15, -0.1) is 24.0 Å². The molecule has 3 rings (SSSR count). The van der Waals surface area contributed by atoms with Crippen LogP contribution in [0.1, 0.15) is 29.7 Å². The standard InChI is InChI=1S/C22H25Cl2N5O.HI/c1-2-26-22(28-13-21(30)18-9-19(23)11-20(24)10-18)27-12-16-4-3-5-17(8-16)14-29-7-6-25-15-29;/h3-11,15,21,30H,2,12-14H2,1H3,(H2,26,27,28);1H. The van der Waals surface area contributed by atoms with Crippen molar-refractivity contribution in [2.24, 2.45) is 4.99 Å². The van der Waals surface area contributed by atoms with Gasteiger partial charge >= 0.3 is 0 Å². The first-order valence-electron chi connectivity index (χ1n) is 9.73. The zero-order valence-corrected chi connectivity index (χ0v) is 21.0. The highest BCUT2D eigenvalue weighted by atomic mass is 127. The van der Waals surface area contributed by atoms with Gasteiger partial charge in [-0.1, -0.05) is 47.5 Å². The molecule has 0 saturated heterocycles. The van der Waals surface area contributed by atoms with Gasteiger partial charge in [-0.2, -0.15) is 0 Å². The van der Waals surface area contributed by atoms with Crippen molar-refractivity contribution in [2.45, 2.75) is 26.1 Å². The molecule has 1 unspecified atom stereocenters. The lowest BCUT2D eigenvalue weighted by Gasteiger charge is -2.16. The van der Waals surface area contributed by atoms with Gasteiger partial charge in [-0.3, -0.25) is 0 Å². The summed E-state index contributed by atoms with van der Waals surface area (Å²) in [6.07, 6.45) is 4.75. The van der Waals surface area contributed by atoms with E-state index in [1.807, 2.05) is 29.8 Å². The molecule has 2 aromatic carbocycles. The second kappa shape index (κ2) is 12.9. The zero-order chi connectivity index (χ0) is 21.3. The van der Waals surface area contributed by atoms with Crippen LogP contribution in [0.15, 0.2) is 66.2 Å². The average molecular weight is 574 g/mol. The van der Waals surface area contributed by atoms with Crippen molar-refractivity contribution in [3.05, 3.63) is 87.9 Å². The van der Waals surface area contributed by atoms with Gasteiger partial charge in [0.05, 0.1) is 19.0 Å². The van der Waals surface area contributed by atoms with Crippen molar-refractivity contribution in [1.29, 1.82) is 0 Å². The highest BCUT2D eigenvalue weighted by Gasteiger charge is 2.10. The Kier molecular flexibility index (Phi) is 10.6. The topological polar surface area (TPSA) is 74.5 Å². The van der Waals surface area contributed by atoms with E-state index in [1.165, 1.54) is 5.56 Å². The van der Waals surface area contributed by atoms with Crippen molar-refractivity contribution in [2.75, 3.05) is 13.1 Å². The Labute approximate surface area is 209 Å². The van der Waals surface area contributed by atoms with Crippen LogP contribution in [0.4, 0.5) is 0 Å². The van der Waals surface area contributed by atoms with Crippen LogP contribution >= 0.6 is 47.2 Å². The van der Waals surface area contributed by atoms with Crippen LogP contribution in [0.5, 0.6) is 0 Å². The van der Waals surface area contributed by atoms with Gasteiger partial charge in [0, 0.05) is 42.1 Å². The monoisotopic (exact) mass is 573 g/mol. The summed E-state index contributed by atoms with van der Waals surface area (Å²) < 4.78 is 2.03. The Balaban J connectivity index is 0.00000341. The molecular weight excluding hydrogens is 548 g/mol. The van der Waals surface area contributed by atoms with E-state index in [9.17, 15) is 5.11 Å². The number of nitrogens with one attached hydrogen (secondary N) is 2. The quantitative estimate of drug-likeness (QED) is 0.208. The maximum atomic E-state index is 10.5. The fourth-order valence-electron chi connectivity index (χ4n) is 3.01. The molecule has 0 fully saturated rings. The lowest BCUT2D eigenvalue weighted by atomic mass is 10.1.